The van der Waals surface area contributed by atoms with Crippen LogP contribution in [0, 0.1) is 0 Å². The zero-order valence-electron chi connectivity index (χ0n) is 14.0. The van der Waals surface area contributed by atoms with Crippen molar-refractivity contribution >= 4 is 5.97 Å². The molecule has 0 bridgehead atoms. The van der Waals surface area contributed by atoms with Crippen LogP contribution in [-0.2, 0) is 14.3 Å². The first-order valence-electron chi connectivity index (χ1n) is 8.52. The molecule has 1 atom stereocenters. The van der Waals surface area contributed by atoms with Crippen molar-refractivity contribution in [1.82, 2.24) is 4.90 Å². The lowest BCUT2D eigenvalue weighted by molar-refractivity contribution is -0.156. The molecule has 0 N–H and O–H groups in total. The van der Waals surface area contributed by atoms with E-state index in [0.717, 1.165) is 32.5 Å². The van der Waals surface area contributed by atoms with Crippen LogP contribution < -0.4 is 0 Å². The van der Waals surface area contributed by atoms with E-state index in [-0.39, 0.29) is 17.1 Å². The summed E-state index contributed by atoms with van der Waals surface area (Å²) in [6, 6.07) is 0. The van der Waals surface area contributed by atoms with Gasteiger partial charge in [0, 0.05) is 12.1 Å². The van der Waals surface area contributed by atoms with Crippen molar-refractivity contribution in [2.45, 2.75) is 76.9 Å². The van der Waals surface area contributed by atoms with Crippen molar-refractivity contribution in [1.29, 1.82) is 0 Å². The van der Waals surface area contributed by atoms with Gasteiger partial charge in [-0.05, 0) is 59.5 Å². The number of ether oxygens (including phenoxy) is 2. The molecule has 21 heavy (non-hydrogen) atoms. The quantitative estimate of drug-likeness (QED) is 0.747. The molecule has 0 aromatic rings. The highest BCUT2D eigenvalue weighted by Gasteiger charge is 2.46. The van der Waals surface area contributed by atoms with Gasteiger partial charge in [0.1, 0.15) is 0 Å². The Kier molecular flexibility index (Phi) is 5.67. The molecule has 2 saturated heterocycles. The summed E-state index contributed by atoms with van der Waals surface area (Å²) in [5.41, 5.74) is -0.227. The summed E-state index contributed by atoms with van der Waals surface area (Å²) in [6.45, 7) is 9.58. The average Bonchev–Trinajstić information content (AvgIpc) is 2.66. The Hall–Kier alpha value is -0.610. The third-order valence-electron chi connectivity index (χ3n) is 4.87. The first kappa shape index (κ1) is 16.8. The highest BCUT2D eigenvalue weighted by molar-refractivity contribution is 5.71. The lowest BCUT2D eigenvalue weighted by Gasteiger charge is -2.50. The summed E-state index contributed by atoms with van der Waals surface area (Å²) >= 11 is 0. The van der Waals surface area contributed by atoms with Crippen molar-refractivity contribution in [2.75, 3.05) is 26.3 Å². The molecule has 2 heterocycles. The van der Waals surface area contributed by atoms with Gasteiger partial charge in [0.2, 0.25) is 0 Å². The molecular formula is C17H31NO3. The van der Waals surface area contributed by atoms with E-state index in [9.17, 15) is 4.79 Å². The summed E-state index contributed by atoms with van der Waals surface area (Å²) in [4.78, 5) is 14.7. The maximum atomic E-state index is 12.2. The number of carbonyl (C=O) groups excluding carboxylic acids is 1. The molecule has 0 amide bonds. The molecule has 0 aromatic heterocycles. The smallest absolute Gasteiger partial charge is 0.307 e. The van der Waals surface area contributed by atoms with Gasteiger partial charge in [0.05, 0.1) is 18.6 Å². The van der Waals surface area contributed by atoms with Crippen LogP contribution in [0.15, 0.2) is 0 Å². The molecule has 0 spiro atoms. The summed E-state index contributed by atoms with van der Waals surface area (Å²) in [6.07, 6.45) is 7.47. The molecule has 1 unspecified atom stereocenters. The Labute approximate surface area is 129 Å². The number of hydrogen-bond acceptors (Lipinski definition) is 4. The first-order chi connectivity index (χ1) is 9.97. The van der Waals surface area contributed by atoms with Crippen LogP contribution in [0.25, 0.3) is 0 Å². The number of hydrogen-bond donors (Lipinski definition) is 0. The van der Waals surface area contributed by atoms with E-state index in [1.54, 1.807) is 0 Å². The van der Waals surface area contributed by atoms with Crippen LogP contribution in [0.2, 0.25) is 0 Å². The molecule has 2 rings (SSSR count). The van der Waals surface area contributed by atoms with E-state index in [1.807, 2.05) is 6.92 Å². The van der Waals surface area contributed by atoms with Crippen LogP contribution >= 0.6 is 0 Å². The van der Waals surface area contributed by atoms with E-state index < -0.39 is 0 Å². The minimum absolute atomic E-state index is 0.0561. The second-order valence-electron chi connectivity index (χ2n) is 7.14. The summed E-state index contributed by atoms with van der Waals surface area (Å²) < 4.78 is 11.2. The Morgan fingerprint density at radius 3 is 2.43 bits per heavy atom. The van der Waals surface area contributed by atoms with Gasteiger partial charge < -0.3 is 9.47 Å². The van der Waals surface area contributed by atoms with Crippen LogP contribution in [0.4, 0.5) is 0 Å². The minimum atomic E-state index is -0.156. The van der Waals surface area contributed by atoms with Crippen molar-refractivity contribution < 1.29 is 14.3 Å². The van der Waals surface area contributed by atoms with Crippen LogP contribution in [0.5, 0.6) is 0 Å². The SMILES string of the molecule is CCOC(=O)CC1(N2CCCCCC2)CCOC(C)(C)C1. The molecule has 4 nitrogen and oxygen atoms in total. The molecule has 0 saturated carbocycles. The Morgan fingerprint density at radius 1 is 1.19 bits per heavy atom. The average molecular weight is 297 g/mol. The molecular weight excluding hydrogens is 266 g/mol. The van der Waals surface area contributed by atoms with Gasteiger partial charge in [-0.2, -0.15) is 0 Å². The fourth-order valence-electron chi connectivity index (χ4n) is 4.01. The van der Waals surface area contributed by atoms with E-state index in [2.05, 4.69) is 18.7 Å². The molecule has 4 heteroatoms. The normalized spacial score (nSPS) is 30.6. The van der Waals surface area contributed by atoms with E-state index >= 15 is 0 Å². The summed E-state index contributed by atoms with van der Waals surface area (Å²) in [7, 11) is 0. The van der Waals surface area contributed by atoms with Crippen molar-refractivity contribution in [3.63, 3.8) is 0 Å². The number of nitrogens with zero attached hydrogens (tertiary/aromatic N) is 1. The predicted octanol–water partition coefficient (Wildman–Crippen LogP) is 3.14. The van der Waals surface area contributed by atoms with Crippen molar-refractivity contribution in [3.05, 3.63) is 0 Å². The summed E-state index contributed by atoms with van der Waals surface area (Å²) in [5.74, 6) is -0.0561. The van der Waals surface area contributed by atoms with Gasteiger partial charge in [0.15, 0.2) is 0 Å². The second-order valence-corrected chi connectivity index (χ2v) is 7.14. The van der Waals surface area contributed by atoms with Gasteiger partial charge in [0.25, 0.3) is 0 Å². The fraction of sp³-hybridized carbons (Fsp3) is 0.941. The maximum Gasteiger partial charge on any atom is 0.307 e. The van der Waals surface area contributed by atoms with Crippen LogP contribution in [-0.4, -0.2) is 48.3 Å². The molecule has 2 fully saturated rings. The molecule has 2 aliphatic rings. The van der Waals surface area contributed by atoms with Crippen molar-refractivity contribution in [3.8, 4) is 0 Å². The van der Waals surface area contributed by atoms with Crippen LogP contribution in [0.3, 0.4) is 0 Å². The zero-order chi connectivity index (χ0) is 15.3. The van der Waals surface area contributed by atoms with E-state index in [4.69, 9.17) is 9.47 Å². The number of carbonyl (C=O) groups is 1. The van der Waals surface area contributed by atoms with Gasteiger partial charge in [-0.1, -0.05) is 12.8 Å². The lowest BCUT2D eigenvalue weighted by Crippen LogP contribution is -2.58. The highest BCUT2D eigenvalue weighted by Crippen LogP contribution is 2.40. The van der Waals surface area contributed by atoms with Gasteiger partial charge in [-0.3, -0.25) is 9.69 Å². The highest BCUT2D eigenvalue weighted by atomic mass is 16.5. The van der Waals surface area contributed by atoms with Gasteiger partial charge in [-0.15, -0.1) is 0 Å². The topological polar surface area (TPSA) is 38.8 Å². The van der Waals surface area contributed by atoms with Crippen LogP contribution in [0.1, 0.15) is 65.7 Å². The lowest BCUT2D eigenvalue weighted by atomic mass is 9.77. The Morgan fingerprint density at radius 2 is 1.86 bits per heavy atom. The van der Waals surface area contributed by atoms with E-state index in [0.29, 0.717) is 13.0 Å². The molecule has 0 aromatic carbocycles. The number of rotatable bonds is 4. The molecule has 2 aliphatic heterocycles. The molecule has 0 aliphatic carbocycles. The maximum absolute atomic E-state index is 12.2. The molecule has 122 valence electrons. The van der Waals surface area contributed by atoms with Gasteiger partial charge >= 0.3 is 5.97 Å². The monoisotopic (exact) mass is 297 g/mol. The predicted molar refractivity (Wildman–Crippen MR) is 83.3 cm³/mol. The standard InChI is InChI=1S/C17H31NO3/c1-4-20-15(19)13-17(9-12-21-16(2,3)14-17)18-10-7-5-6-8-11-18/h4-14H2,1-3H3. The second kappa shape index (κ2) is 7.10. The third-order valence-corrected chi connectivity index (χ3v) is 4.87. The Bertz CT molecular complexity index is 348. The number of esters is 1. The zero-order valence-corrected chi connectivity index (χ0v) is 14.0. The minimum Gasteiger partial charge on any atom is -0.466 e. The van der Waals surface area contributed by atoms with Gasteiger partial charge in [-0.25, -0.2) is 0 Å². The van der Waals surface area contributed by atoms with E-state index in [1.165, 1.54) is 25.7 Å². The fourth-order valence-corrected chi connectivity index (χ4v) is 4.01. The summed E-state index contributed by atoms with van der Waals surface area (Å²) in [5, 5.41) is 0. The van der Waals surface area contributed by atoms with Crippen molar-refractivity contribution in [2.24, 2.45) is 0 Å². The largest absolute Gasteiger partial charge is 0.466 e. The molecule has 0 radical (unpaired) electrons. The first-order valence-corrected chi connectivity index (χ1v) is 8.52. The number of likely N-dealkylation sites (tertiary alicyclic amines) is 1. The third kappa shape index (κ3) is 4.43. The Balaban J connectivity index is 2.17.